The molecule has 0 saturated heterocycles. The van der Waals surface area contributed by atoms with E-state index in [9.17, 15) is 15.3 Å². The summed E-state index contributed by atoms with van der Waals surface area (Å²) in [5.74, 6) is -0.244. The lowest BCUT2D eigenvalue weighted by atomic mass is 9.91. The molecule has 1 aromatic carbocycles. The molecule has 4 heteroatoms. The summed E-state index contributed by atoms with van der Waals surface area (Å²) in [5, 5.41) is 30.9. The summed E-state index contributed by atoms with van der Waals surface area (Å²) < 4.78 is 0. The number of aliphatic hydroxyl groups is 3. The predicted octanol–water partition coefficient (Wildman–Crippen LogP) is 6.23. The lowest BCUT2D eigenvalue weighted by Crippen LogP contribution is -2.38. The average Bonchev–Trinajstić information content (AvgIpc) is 2.82. The third-order valence-electron chi connectivity index (χ3n) is 6.71. The summed E-state index contributed by atoms with van der Waals surface area (Å²) in [6.07, 6.45) is 14.1. The summed E-state index contributed by atoms with van der Waals surface area (Å²) in [5.41, 5.74) is 1.63. The van der Waals surface area contributed by atoms with Crippen LogP contribution in [-0.2, 0) is 6.61 Å². The fourth-order valence-electron chi connectivity index (χ4n) is 4.29. The lowest BCUT2D eigenvalue weighted by Gasteiger charge is -2.30. The van der Waals surface area contributed by atoms with Crippen LogP contribution in [0.2, 0.25) is 0 Å². The van der Waals surface area contributed by atoms with Crippen LogP contribution in [0.15, 0.2) is 24.3 Å². The Morgan fingerprint density at radius 1 is 0.719 bits per heavy atom. The van der Waals surface area contributed by atoms with E-state index >= 15 is 0 Å². The van der Waals surface area contributed by atoms with Crippen LogP contribution in [0.5, 0.6) is 0 Å². The van der Waals surface area contributed by atoms with Crippen molar-refractivity contribution in [2.75, 3.05) is 19.6 Å². The summed E-state index contributed by atoms with van der Waals surface area (Å²) >= 11 is 0. The normalized spacial score (nSPS) is 14.6. The maximum atomic E-state index is 10.9. The number of rotatable bonds is 20. The van der Waals surface area contributed by atoms with Gasteiger partial charge in [0.2, 0.25) is 0 Å². The molecule has 0 aliphatic carbocycles. The Labute approximate surface area is 198 Å². The highest BCUT2D eigenvalue weighted by atomic mass is 16.3. The molecule has 186 valence electrons. The Morgan fingerprint density at radius 2 is 1.19 bits per heavy atom. The number of nitrogens with zero attached hydrogens (tertiary/aromatic N) is 1. The van der Waals surface area contributed by atoms with E-state index in [0.717, 1.165) is 24.2 Å². The van der Waals surface area contributed by atoms with Crippen molar-refractivity contribution in [1.82, 2.24) is 4.90 Å². The molecule has 0 aromatic heterocycles. The Hall–Kier alpha value is -0.940. The van der Waals surface area contributed by atoms with Gasteiger partial charge in [-0.3, -0.25) is 0 Å². The van der Waals surface area contributed by atoms with E-state index in [1.807, 2.05) is 31.2 Å². The molecule has 0 aliphatic heterocycles. The minimum atomic E-state index is -0.706. The molecule has 0 radical (unpaired) electrons. The molecule has 0 bridgehead atoms. The molecule has 0 amide bonds. The standard InChI is InChI=1S/C28H51NO3/c1-4-6-8-10-12-14-20-29(21-15-13-11-9-7-5-2)22-27(31)24(3)28(32)26-18-16-25(23-30)17-19-26/h16-19,24,27-28,30-32H,4-15,20-23H2,1-3H3/t24-,27+,28+/m0/s1. The SMILES string of the molecule is CCCCCCCCN(CCCCCCCC)C[C@@H](O)[C@H](C)[C@@H](O)c1ccc(CO)cc1. The van der Waals surface area contributed by atoms with Gasteiger partial charge in [-0.15, -0.1) is 0 Å². The van der Waals surface area contributed by atoms with Crippen molar-refractivity contribution in [3.8, 4) is 0 Å². The van der Waals surface area contributed by atoms with Gasteiger partial charge in [-0.1, -0.05) is 109 Å². The average molecular weight is 450 g/mol. The van der Waals surface area contributed by atoms with E-state index < -0.39 is 12.2 Å². The van der Waals surface area contributed by atoms with Crippen LogP contribution in [0.1, 0.15) is 115 Å². The van der Waals surface area contributed by atoms with Crippen LogP contribution >= 0.6 is 0 Å². The van der Waals surface area contributed by atoms with Gasteiger partial charge in [0, 0.05) is 12.5 Å². The van der Waals surface area contributed by atoms with Gasteiger partial charge in [0.25, 0.3) is 0 Å². The molecule has 0 saturated carbocycles. The van der Waals surface area contributed by atoms with E-state index in [1.54, 1.807) is 0 Å². The second-order valence-corrected chi connectivity index (χ2v) is 9.61. The van der Waals surface area contributed by atoms with Crippen LogP contribution in [0.25, 0.3) is 0 Å². The fraction of sp³-hybridized carbons (Fsp3) is 0.786. The Kier molecular flexibility index (Phi) is 16.8. The Balaban J connectivity index is 2.54. The second kappa shape index (κ2) is 18.5. The number of hydrogen-bond acceptors (Lipinski definition) is 4. The first kappa shape index (κ1) is 29.1. The maximum Gasteiger partial charge on any atom is 0.0840 e. The minimum Gasteiger partial charge on any atom is -0.392 e. The van der Waals surface area contributed by atoms with Crippen molar-refractivity contribution >= 4 is 0 Å². The topological polar surface area (TPSA) is 63.9 Å². The zero-order valence-electron chi connectivity index (χ0n) is 21.1. The van der Waals surface area contributed by atoms with Crippen LogP contribution in [0.3, 0.4) is 0 Å². The largest absolute Gasteiger partial charge is 0.392 e. The molecule has 0 unspecified atom stereocenters. The maximum absolute atomic E-state index is 10.9. The minimum absolute atomic E-state index is 0.000400. The first-order valence-corrected chi connectivity index (χ1v) is 13.3. The highest BCUT2D eigenvalue weighted by Crippen LogP contribution is 2.25. The van der Waals surface area contributed by atoms with Crippen molar-refractivity contribution < 1.29 is 15.3 Å². The third kappa shape index (κ3) is 12.3. The van der Waals surface area contributed by atoms with Crippen molar-refractivity contribution in [3.63, 3.8) is 0 Å². The second-order valence-electron chi connectivity index (χ2n) is 9.61. The molecular formula is C28H51NO3. The zero-order chi connectivity index (χ0) is 23.6. The van der Waals surface area contributed by atoms with E-state index in [0.29, 0.717) is 6.54 Å². The van der Waals surface area contributed by atoms with Crippen LogP contribution in [-0.4, -0.2) is 46.0 Å². The van der Waals surface area contributed by atoms with Gasteiger partial charge < -0.3 is 20.2 Å². The monoisotopic (exact) mass is 449 g/mol. The van der Waals surface area contributed by atoms with Gasteiger partial charge >= 0.3 is 0 Å². The van der Waals surface area contributed by atoms with Crippen molar-refractivity contribution in [1.29, 1.82) is 0 Å². The summed E-state index contributed by atoms with van der Waals surface area (Å²) in [6, 6.07) is 7.37. The first-order valence-electron chi connectivity index (χ1n) is 13.3. The number of benzene rings is 1. The lowest BCUT2D eigenvalue weighted by molar-refractivity contribution is 0.00112. The molecule has 32 heavy (non-hydrogen) atoms. The quantitative estimate of drug-likeness (QED) is 0.206. The predicted molar refractivity (Wildman–Crippen MR) is 136 cm³/mol. The van der Waals surface area contributed by atoms with Gasteiger partial charge in [-0.25, -0.2) is 0 Å². The molecule has 3 atom stereocenters. The van der Waals surface area contributed by atoms with Crippen LogP contribution in [0, 0.1) is 5.92 Å². The fourth-order valence-corrected chi connectivity index (χ4v) is 4.29. The molecular weight excluding hydrogens is 398 g/mol. The van der Waals surface area contributed by atoms with Gasteiger partial charge in [-0.2, -0.15) is 0 Å². The summed E-state index contributed by atoms with van der Waals surface area (Å²) in [6.45, 7) is 9.12. The number of aliphatic hydroxyl groups excluding tert-OH is 3. The van der Waals surface area contributed by atoms with Crippen LogP contribution < -0.4 is 0 Å². The zero-order valence-corrected chi connectivity index (χ0v) is 21.1. The van der Waals surface area contributed by atoms with Crippen molar-refractivity contribution in [2.45, 2.75) is 117 Å². The summed E-state index contributed by atoms with van der Waals surface area (Å²) in [7, 11) is 0. The van der Waals surface area contributed by atoms with E-state index in [-0.39, 0.29) is 12.5 Å². The van der Waals surface area contributed by atoms with E-state index in [4.69, 9.17) is 0 Å². The molecule has 3 N–H and O–H groups in total. The molecule has 0 heterocycles. The van der Waals surface area contributed by atoms with Gasteiger partial charge in [0.1, 0.15) is 0 Å². The van der Waals surface area contributed by atoms with Gasteiger partial charge in [0.15, 0.2) is 0 Å². The molecule has 1 rings (SSSR count). The third-order valence-corrected chi connectivity index (χ3v) is 6.71. The number of hydrogen-bond donors (Lipinski definition) is 3. The Morgan fingerprint density at radius 3 is 1.66 bits per heavy atom. The molecule has 0 fully saturated rings. The van der Waals surface area contributed by atoms with E-state index in [2.05, 4.69) is 18.7 Å². The van der Waals surface area contributed by atoms with Gasteiger partial charge in [-0.05, 0) is 37.1 Å². The van der Waals surface area contributed by atoms with Crippen molar-refractivity contribution in [2.24, 2.45) is 5.92 Å². The molecule has 0 spiro atoms. The van der Waals surface area contributed by atoms with Crippen LogP contribution in [0.4, 0.5) is 0 Å². The highest BCUT2D eigenvalue weighted by molar-refractivity contribution is 5.24. The number of unbranched alkanes of at least 4 members (excludes halogenated alkanes) is 10. The van der Waals surface area contributed by atoms with E-state index in [1.165, 1.54) is 77.0 Å². The molecule has 0 aliphatic rings. The molecule has 4 nitrogen and oxygen atoms in total. The van der Waals surface area contributed by atoms with Crippen molar-refractivity contribution in [3.05, 3.63) is 35.4 Å². The first-order chi connectivity index (χ1) is 15.5. The highest BCUT2D eigenvalue weighted by Gasteiger charge is 2.25. The smallest absolute Gasteiger partial charge is 0.0840 e. The molecule has 1 aromatic rings. The summed E-state index contributed by atoms with van der Waals surface area (Å²) in [4.78, 5) is 2.42. The van der Waals surface area contributed by atoms with Gasteiger partial charge in [0.05, 0.1) is 18.8 Å². The Bertz CT molecular complexity index is 532.